The number of aryl methyl sites for hydroxylation is 2. The molecule has 0 spiro atoms. The van der Waals surface area contributed by atoms with Gasteiger partial charge in [0.05, 0.1) is 30.0 Å². The zero-order valence-corrected chi connectivity index (χ0v) is 20.1. The van der Waals surface area contributed by atoms with E-state index in [9.17, 15) is 0 Å². The quantitative estimate of drug-likeness (QED) is 0.461. The lowest BCUT2D eigenvalue weighted by Crippen LogP contribution is -2.31. The maximum atomic E-state index is 6.64. The van der Waals surface area contributed by atoms with Crippen LogP contribution in [0.1, 0.15) is 36.7 Å². The Balaban J connectivity index is 0.00000272. The number of hydrogen-bond donors (Lipinski definition) is 0. The Kier molecular flexibility index (Phi) is 7.68. The van der Waals surface area contributed by atoms with Crippen LogP contribution in [-0.4, -0.2) is 48.5 Å². The van der Waals surface area contributed by atoms with Gasteiger partial charge in [-0.2, -0.15) is 9.61 Å². The summed E-state index contributed by atoms with van der Waals surface area (Å²) < 4.78 is 12.7. The van der Waals surface area contributed by atoms with E-state index in [2.05, 4.69) is 11.8 Å². The highest BCUT2D eigenvalue weighted by Crippen LogP contribution is 2.39. The van der Waals surface area contributed by atoms with Crippen LogP contribution in [-0.2, 0) is 17.6 Å². The predicted molar refractivity (Wildman–Crippen MR) is 128 cm³/mol. The maximum absolute atomic E-state index is 6.64. The molecule has 1 aromatic carbocycles. The first kappa shape index (κ1) is 23.6. The molecule has 0 saturated carbocycles. The van der Waals surface area contributed by atoms with Gasteiger partial charge in [-0.3, -0.25) is 0 Å². The van der Waals surface area contributed by atoms with Crippen LogP contribution >= 0.6 is 24.0 Å². The first-order chi connectivity index (χ1) is 14.6. The average molecular weight is 465 g/mol. The Morgan fingerprint density at radius 2 is 2.00 bits per heavy atom. The highest BCUT2D eigenvalue weighted by Gasteiger charge is 2.27. The number of anilines is 1. The average Bonchev–Trinajstić information content (AvgIpc) is 3.33. The molecule has 8 heteroatoms. The zero-order valence-electron chi connectivity index (χ0n) is 18.6. The molecular formula is C23H30Cl2N4O2. The molecule has 168 valence electrons. The second kappa shape index (κ2) is 10.1. The van der Waals surface area contributed by atoms with Gasteiger partial charge in [0, 0.05) is 37.0 Å². The lowest BCUT2D eigenvalue weighted by Gasteiger charge is -2.26. The minimum absolute atomic E-state index is 0. The Labute approximate surface area is 194 Å². The van der Waals surface area contributed by atoms with Crippen molar-refractivity contribution in [1.29, 1.82) is 0 Å². The Bertz CT molecular complexity index is 1070. The van der Waals surface area contributed by atoms with E-state index in [-0.39, 0.29) is 12.4 Å². The number of rotatable bonds is 8. The molecule has 2 aromatic heterocycles. The fraction of sp³-hybridized carbons (Fsp3) is 0.478. The highest BCUT2D eigenvalue weighted by atomic mass is 35.5. The van der Waals surface area contributed by atoms with Crippen LogP contribution in [0.5, 0.6) is 5.75 Å². The largest absolute Gasteiger partial charge is 0.497 e. The second-order valence-electron chi connectivity index (χ2n) is 7.74. The summed E-state index contributed by atoms with van der Waals surface area (Å²) >= 11 is 6.64. The van der Waals surface area contributed by atoms with Crippen LogP contribution in [0, 0.1) is 6.92 Å². The fourth-order valence-corrected chi connectivity index (χ4v) is 4.64. The monoisotopic (exact) mass is 464 g/mol. The molecule has 0 N–H and O–H groups in total. The summed E-state index contributed by atoms with van der Waals surface area (Å²) in [5.41, 5.74) is 6.21. The van der Waals surface area contributed by atoms with Gasteiger partial charge in [-0.15, -0.1) is 12.4 Å². The van der Waals surface area contributed by atoms with Gasteiger partial charge >= 0.3 is 0 Å². The second-order valence-corrected chi connectivity index (χ2v) is 8.14. The molecule has 31 heavy (non-hydrogen) atoms. The number of fused-ring (bicyclic) bond motifs is 2. The lowest BCUT2D eigenvalue weighted by atomic mass is 10.1. The third kappa shape index (κ3) is 4.34. The smallest absolute Gasteiger partial charge is 0.165 e. The molecule has 1 aliphatic rings. The molecule has 2 heterocycles. The SMILES string of the molecule is CCCN(CCOC)c1c2c(nc3c(-c4ccc(OC)cc4Cl)c(C)nn13)CCC2.Cl. The summed E-state index contributed by atoms with van der Waals surface area (Å²) in [7, 11) is 3.39. The Morgan fingerprint density at radius 1 is 1.19 bits per heavy atom. The van der Waals surface area contributed by atoms with E-state index in [1.54, 1.807) is 14.2 Å². The van der Waals surface area contributed by atoms with E-state index in [1.807, 2.05) is 29.6 Å². The first-order valence-electron chi connectivity index (χ1n) is 10.6. The molecule has 1 aliphatic carbocycles. The van der Waals surface area contributed by atoms with Gasteiger partial charge in [0.15, 0.2) is 5.65 Å². The van der Waals surface area contributed by atoms with Crippen molar-refractivity contribution in [2.24, 2.45) is 0 Å². The van der Waals surface area contributed by atoms with Crippen molar-refractivity contribution in [3.8, 4) is 16.9 Å². The molecule has 0 radical (unpaired) electrons. The first-order valence-corrected chi connectivity index (χ1v) is 11.0. The summed E-state index contributed by atoms with van der Waals surface area (Å²) in [5.74, 6) is 1.89. The summed E-state index contributed by atoms with van der Waals surface area (Å²) in [6, 6.07) is 5.77. The van der Waals surface area contributed by atoms with Crippen molar-refractivity contribution < 1.29 is 9.47 Å². The van der Waals surface area contributed by atoms with Gasteiger partial charge < -0.3 is 14.4 Å². The highest BCUT2D eigenvalue weighted by molar-refractivity contribution is 6.33. The molecule has 3 aromatic rings. The van der Waals surface area contributed by atoms with Crippen molar-refractivity contribution in [3.05, 3.63) is 40.2 Å². The molecular weight excluding hydrogens is 435 g/mol. The zero-order chi connectivity index (χ0) is 21.3. The maximum Gasteiger partial charge on any atom is 0.165 e. The van der Waals surface area contributed by atoms with Gasteiger partial charge in [0.2, 0.25) is 0 Å². The van der Waals surface area contributed by atoms with Gasteiger partial charge in [0.1, 0.15) is 11.6 Å². The number of nitrogens with zero attached hydrogens (tertiary/aromatic N) is 4. The minimum atomic E-state index is 0. The standard InChI is InChI=1S/C23H29ClN4O2.ClH/c1-5-11-27(12-13-29-3)23-18-7-6-8-20(18)25-22-21(15(2)26-28(22)23)17-10-9-16(30-4)14-19(17)24;/h9-10,14H,5-8,11-13H2,1-4H3;1H. The van der Waals surface area contributed by atoms with E-state index in [4.69, 9.17) is 31.2 Å². The van der Waals surface area contributed by atoms with Crippen LogP contribution in [0.2, 0.25) is 5.02 Å². The van der Waals surface area contributed by atoms with Gasteiger partial charge in [-0.05, 0) is 50.8 Å². The van der Waals surface area contributed by atoms with Crippen LogP contribution < -0.4 is 9.64 Å². The third-order valence-corrected chi connectivity index (χ3v) is 6.05. The van der Waals surface area contributed by atoms with Gasteiger partial charge in [-0.25, -0.2) is 4.98 Å². The normalized spacial score (nSPS) is 12.7. The molecule has 0 amide bonds. The van der Waals surface area contributed by atoms with Crippen molar-refractivity contribution in [2.45, 2.75) is 39.5 Å². The van der Waals surface area contributed by atoms with Crippen LogP contribution in [0.25, 0.3) is 16.8 Å². The van der Waals surface area contributed by atoms with Crippen molar-refractivity contribution in [2.75, 3.05) is 38.8 Å². The molecule has 0 fully saturated rings. The fourth-order valence-electron chi connectivity index (χ4n) is 4.37. The van der Waals surface area contributed by atoms with E-state index in [0.29, 0.717) is 11.6 Å². The van der Waals surface area contributed by atoms with E-state index in [1.165, 1.54) is 11.3 Å². The summed E-state index contributed by atoms with van der Waals surface area (Å²) in [6.07, 6.45) is 4.23. The molecule has 6 nitrogen and oxygen atoms in total. The van der Waals surface area contributed by atoms with Gasteiger partial charge in [-0.1, -0.05) is 18.5 Å². The number of benzene rings is 1. The predicted octanol–water partition coefficient (Wildman–Crippen LogP) is 5.14. The number of methoxy groups -OCH3 is 2. The lowest BCUT2D eigenvalue weighted by molar-refractivity contribution is 0.205. The van der Waals surface area contributed by atoms with Crippen LogP contribution in [0.15, 0.2) is 18.2 Å². The van der Waals surface area contributed by atoms with E-state index >= 15 is 0 Å². The Hall–Kier alpha value is -2.02. The van der Waals surface area contributed by atoms with Crippen LogP contribution in [0.4, 0.5) is 5.82 Å². The number of ether oxygens (including phenoxy) is 2. The summed E-state index contributed by atoms with van der Waals surface area (Å²) in [5, 5.41) is 5.58. The third-order valence-electron chi connectivity index (χ3n) is 5.74. The summed E-state index contributed by atoms with van der Waals surface area (Å²) in [6.45, 7) is 6.68. The Morgan fingerprint density at radius 3 is 2.68 bits per heavy atom. The molecule has 0 saturated heterocycles. The molecule has 0 bridgehead atoms. The van der Waals surface area contributed by atoms with Crippen LogP contribution in [0.3, 0.4) is 0 Å². The van der Waals surface area contributed by atoms with Crippen molar-refractivity contribution >= 4 is 35.5 Å². The van der Waals surface area contributed by atoms with E-state index < -0.39 is 0 Å². The molecule has 0 unspecified atom stereocenters. The molecule has 0 atom stereocenters. The minimum Gasteiger partial charge on any atom is -0.497 e. The molecule has 0 aliphatic heterocycles. The summed E-state index contributed by atoms with van der Waals surface area (Å²) in [4.78, 5) is 7.47. The topological polar surface area (TPSA) is 51.9 Å². The number of halogens is 2. The molecule has 4 rings (SSSR count). The van der Waals surface area contributed by atoms with E-state index in [0.717, 1.165) is 72.8 Å². The van der Waals surface area contributed by atoms with Crippen molar-refractivity contribution in [3.63, 3.8) is 0 Å². The number of aromatic nitrogens is 3. The van der Waals surface area contributed by atoms with Crippen molar-refractivity contribution in [1.82, 2.24) is 14.6 Å². The van der Waals surface area contributed by atoms with Gasteiger partial charge in [0.25, 0.3) is 0 Å². The number of hydrogen-bond acceptors (Lipinski definition) is 5.